The summed E-state index contributed by atoms with van der Waals surface area (Å²) < 4.78 is 27.7. The maximum absolute atomic E-state index is 13.8. The number of nitrogens with zero attached hydrogens (tertiary/aromatic N) is 2. The van der Waals surface area contributed by atoms with Crippen molar-refractivity contribution in [3.05, 3.63) is 65.2 Å². The van der Waals surface area contributed by atoms with Gasteiger partial charge in [0.25, 0.3) is 0 Å². The molecule has 0 saturated carbocycles. The molecule has 1 amide bonds. The van der Waals surface area contributed by atoms with Crippen molar-refractivity contribution in [3.8, 4) is 0 Å². The van der Waals surface area contributed by atoms with E-state index in [1.54, 1.807) is 9.80 Å². The number of hydrogen-bond donors (Lipinski definition) is 0. The van der Waals surface area contributed by atoms with Gasteiger partial charge < -0.3 is 9.80 Å². The fraction of sp³-hybridized carbons (Fsp3) is 0.316. The molecule has 0 spiro atoms. The highest BCUT2D eigenvalue weighted by molar-refractivity contribution is 5.79. The Labute approximate surface area is 140 Å². The molecule has 1 aliphatic rings. The third-order valence-corrected chi connectivity index (χ3v) is 4.36. The molecular formula is C19H20F2N2O. The van der Waals surface area contributed by atoms with Gasteiger partial charge in [-0.25, -0.2) is 8.78 Å². The summed E-state index contributed by atoms with van der Waals surface area (Å²) in [6, 6.07) is 11.8. The molecule has 5 heteroatoms. The van der Waals surface area contributed by atoms with Crippen molar-refractivity contribution in [2.45, 2.75) is 13.3 Å². The second-order valence-corrected chi connectivity index (χ2v) is 6.10. The van der Waals surface area contributed by atoms with Crippen LogP contribution in [0.1, 0.15) is 11.1 Å². The molecule has 0 aliphatic carbocycles. The summed E-state index contributed by atoms with van der Waals surface area (Å²) in [7, 11) is 0. The van der Waals surface area contributed by atoms with Gasteiger partial charge in [0.15, 0.2) is 0 Å². The summed E-state index contributed by atoms with van der Waals surface area (Å²) in [5.74, 6) is -1.07. The quantitative estimate of drug-likeness (QED) is 0.863. The van der Waals surface area contributed by atoms with Crippen molar-refractivity contribution in [2.75, 3.05) is 31.1 Å². The monoisotopic (exact) mass is 330 g/mol. The van der Waals surface area contributed by atoms with Gasteiger partial charge in [0, 0.05) is 26.2 Å². The van der Waals surface area contributed by atoms with E-state index < -0.39 is 11.6 Å². The first-order valence-electron chi connectivity index (χ1n) is 8.07. The van der Waals surface area contributed by atoms with Crippen molar-refractivity contribution in [1.82, 2.24) is 4.90 Å². The van der Waals surface area contributed by atoms with Gasteiger partial charge in [-0.3, -0.25) is 4.79 Å². The molecule has 2 aromatic carbocycles. The summed E-state index contributed by atoms with van der Waals surface area (Å²) in [5.41, 5.74) is 2.14. The molecule has 1 saturated heterocycles. The van der Waals surface area contributed by atoms with Gasteiger partial charge in [-0.1, -0.05) is 35.9 Å². The number of para-hydroxylation sites is 1. The second kappa shape index (κ2) is 6.99. The van der Waals surface area contributed by atoms with Gasteiger partial charge in [-0.05, 0) is 24.6 Å². The SMILES string of the molecule is Cc1ccc(CC(=O)N2CCN(c3c(F)cccc3F)CC2)cc1. The zero-order valence-corrected chi connectivity index (χ0v) is 13.6. The van der Waals surface area contributed by atoms with Crippen molar-refractivity contribution >= 4 is 11.6 Å². The van der Waals surface area contributed by atoms with Crippen LogP contribution < -0.4 is 4.90 Å². The number of carbonyl (C=O) groups excluding carboxylic acids is 1. The number of carbonyl (C=O) groups is 1. The predicted molar refractivity (Wildman–Crippen MR) is 90.0 cm³/mol. The number of aryl methyl sites for hydroxylation is 1. The average molecular weight is 330 g/mol. The van der Waals surface area contributed by atoms with Gasteiger partial charge in [0.1, 0.15) is 17.3 Å². The standard InChI is InChI=1S/C19H20F2N2O/c1-14-5-7-15(8-6-14)13-18(24)22-9-11-23(12-10-22)19-16(20)3-2-4-17(19)21/h2-8H,9-13H2,1H3. The van der Waals surface area contributed by atoms with Crippen LogP contribution in [0.2, 0.25) is 0 Å². The Balaban J connectivity index is 1.60. The van der Waals surface area contributed by atoms with Crippen LogP contribution in [0.25, 0.3) is 0 Å². The van der Waals surface area contributed by atoms with E-state index in [0.717, 1.165) is 11.1 Å². The molecule has 2 aromatic rings. The van der Waals surface area contributed by atoms with E-state index in [4.69, 9.17) is 0 Å². The molecule has 0 unspecified atom stereocenters. The number of benzene rings is 2. The predicted octanol–water partition coefficient (Wildman–Crippen LogP) is 3.16. The van der Waals surface area contributed by atoms with Crippen molar-refractivity contribution in [2.24, 2.45) is 0 Å². The average Bonchev–Trinajstić information content (AvgIpc) is 2.57. The van der Waals surface area contributed by atoms with Crippen molar-refractivity contribution in [3.63, 3.8) is 0 Å². The zero-order chi connectivity index (χ0) is 17.1. The van der Waals surface area contributed by atoms with Gasteiger partial charge >= 0.3 is 0 Å². The summed E-state index contributed by atoms with van der Waals surface area (Å²) in [4.78, 5) is 15.8. The summed E-state index contributed by atoms with van der Waals surface area (Å²) in [5, 5.41) is 0. The fourth-order valence-electron chi connectivity index (χ4n) is 2.96. The van der Waals surface area contributed by atoms with E-state index in [2.05, 4.69) is 0 Å². The van der Waals surface area contributed by atoms with E-state index in [0.29, 0.717) is 32.6 Å². The number of hydrogen-bond acceptors (Lipinski definition) is 2. The number of rotatable bonds is 3. The lowest BCUT2D eigenvalue weighted by atomic mass is 10.1. The van der Waals surface area contributed by atoms with Crippen LogP contribution >= 0.6 is 0 Å². The molecule has 3 nitrogen and oxygen atoms in total. The van der Waals surface area contributed by atoms with E-state index in [1.165, 1.54) is 18.2 Å². The zero-order valence-electron chi connectivity index (χ0n) is 13.6. The highest BCUT2D eigenvalue weighted by atomic mass is 19.1. The third kappa shape index (κ3) is 3.55. The molecular weight excluding hydrogens is 310 g/mol. The van der Waals surface area contributed by atoms with Crippen molar-refractivity contribution < 1.29 is 13.6 Å². The largest absolute Gasteiger partial charge is 0.363 e. The first kappa shape index (κ1) is 16.4. The lowest BCUT2D eigenvalue weighted by Gasteiger charge is -2.36. The molecule has 3 rings (SSSR count). The Morgan fingerprint density at radius 3 is 2.12 bits per heavy atom. The Hall–Kier alpha value is -2.43. The molecule has 0 N–H and O–H groups in total. The Morgan fingerprint density at radius 1 is 0.958 bits per heavy atom. The van der Waals surface area contributed by atoms with Crippen LogP contribution in [-0.4, -0.2) is 37.0 Å². The molecule has 0 bridgehead atoms. The third-order valence-electron chi connectivity index (χ3n) is 4.36. The van der Waals surface area contributed by atoms with E-state index in [9.17, 15) is 13.6 Å². The lowest BCUT2D eigenvalue weighted by molar-refractivity contribution is -0.130. The highest BCUT2D eigenvalue weighted by Crippen LogP contribution is 2.24. The number of anilines is 1. The minimum Gasteiger partial charge on any atom is -0.363 e. The maximum atomic E-state index is 13.8. The fourth-order valence-corrected chi connectivity index (χ4v) is 2.96. The Bertz CT molecular complexity index is 702. The topological polar surface area (TPSA) is 23.6 Å². The number of piperazine rings is 1. The normalized spacial score (nSPS) is 14.8. The van der Waals surface area contributed by atoms with Crippen molar-refractivity contribution in [1.29, 1.82) is 0 Å². The van der Waals surface area contributed by atoms with Crippen LogP contribution in [0.3, 0.4) is 0 Å². The van der Waals surface area contributed by atoms with E-state index in [-0.39, 0.29) is 11.6 Å². The molecule has 0 radical (unpaired) electrons. The van der Waals surface area contributed by atoms with Crippen LogP contribution in [0.15, 0.2) is 42.5 Å². The van der Waals surface area contributed by atoms with Gasteiger partial charge in [-0.15, -0.1) is 0 Å². The van der Waals surface area contributed by atoms with E-state index >= 15 is 0 Å². The van der Waals surface area contributed by atoms with Crippen LogP contribution in [-0.2, 0) is 11.2 Å². The summed E-state index contributed by atoms with van der Waals surface area (Å²) in [6.07, 6.45) is 0.355. The summed E-state index contributed by atoms with van der Waals surface area (Å²) >= 11 is 0. The first-order chi connectivity index (χ1) is 11.5. The summed E-state index contributed by atoms with van der Waals surface area (Å²) in [6.45, 7) is 3.80. The van der Waals surface area contributed by atoms with Crippen LogP contribution in [0.4, 0.5) is 14.5 Å². The van der Waals surface area contributed by atoms with E-state index in [1.807, 2.05) is 31.2 Å². The molecule has 24 heavy (non-hydrogen) atoms. The van der Waals surface area contributed by atoms with Crippen LogP contribution in [0, 0.1) is 18.6 Å². The van der Waals surface area contributed by atoms with Gasteiger partial charge in [0.2, 0.25) is 5.91 Å². The smallest absolute Gasteiger partial charge is 0.227 e. The molecule has 1 aliphatic heterocycles. The van der Waals surface area contributed by atoms with Gasteiger partial charge in [0.05, 0.1) is 6.42 Å². The minimum atomic E-state index is -0.561. The Kier molecular flexibility index (Phi) is 4.79. The minimum absolute atomic E-state index is 0.00290. The maximum Gasteiger partial charge on any atom is 0.227 e. The molecule has 1 fully saturated rings. The molecule has 126 valence electrons. The lowest BCUT2D eigenvalue weighted by Crippen LogP contribution is -2.49. The van der Waals surface area contributed by atoms with Gasteiger partial charge in [-0.2, -0.15) is 0 Å². The number of halogens is 2. The first-order valence-corrected chi connectivity index (χ1v) is 8.07. The Morgan fingerprint density at radius 2 is 1.54 bits per heavy atom. The molecule has 0 atom stereocenters. The molecule has 1 heterocycles. The van der Waals surface area contributed by atoms with Crippen LogP contribution in [0.5, 0.6) is 0 Å². The second-order valence-electron chi connectivity index (χ2n) is 6.10. The number of amides is 1. The highest BCUT2D eigenvalue weighted by Gasteiger charge is 2.24. The molecule has 0 aromatic heterocycles.